The van der Waals surface area contributed by atoms with E-state index < -0.39 is 59.3 Å². The number of nitrogens with one attached hydrogen (secondary N) is 2. The number of halogens is 3. The van der Waals surface area contributed by atoms with Gasteiger partial charge < -0.3 is 29.6 Å². The van der Waals surface area contributed by atoms with Gasteiger partial charge in [-0.3, -0.25) is 9.59 Å². The Balaban J connectivity index is 1.98. The average molecular weight is 701 g/mol. The first-order valence-corrected chi connectivity index (χ1v) is 16.2. The third-order valence-corrected chi connectivity index (χ3v) is 8.68. The van der Waals surface area contributed by atoms with Crippen LogP contribution in [-0.2, 0) is 26.9 Å². The Morgan fingerprint density at radius 1 is 1.14 bits per heavy atom. The number of pyridine rings is 2. The van der Waals surface area contributed by atoms with Gasteiger partial charge in [0.1, 0.15) is 22.8 Å². The van der Waals surface area contributed by atoms with Crippen LogP contribution in [0.4, 0.5) is 23.8 Å². The molecule has 10 nitrogen and oxygen atoms in total. The molecule has 2 aromatic heterocycles. The fourth-order valence-electron chi connectivity index (χ4n) is 6.03. The fraction of sp³-hybridized carbons (Fsp3) is 0.514. The molecule has 2 N–H and O–H groups in total. The number of hydrogen-bond donors (Lipinski definition) is 2. The molecule has 50 heavy (non-hydrogen) atoms. The highest BCUT2D eigenvalue weighted by Gasteiger charge is 2.40. The van der Waals surface area contributed by atoms with E-state index in [1.807, 2.05) is 0 Å². The Labute approximate surface area is 294 Å². The van der Waals surface area contributed by atoms with E-state index in [-0.39, 0.29) is 59.7 Å². The zero-order chi connectivity index (χ0) is 39.8. The van der Waals surface area contributed by atoms with Crippen molar-refractivity contribution in [2.75, 3.05) is 25.4 Å². The summed E-state index contributed by atoms with van der Waals surface area (Å²) >= 11 is 0. The summed E-state index contributed by atoms with van der Waals surface area (Å²) in [6.45, 7) is 13.3. The lowest BCUT2D eigenvalue weighted by Gasteiger charge is -2.40. The molecule has 0 radical (unpaired) electrons. The first-order chi connectivity index (χ1) is 24.3. The van der Waals surface area contributed by atoms with Crippen molar-refractivity contribution in [3.05, 3.63) is 68.4 Å². The number of aryl methyl sites for hydroxylation is 2. The first kappa shape index (κ1) is 33.9. The van der Waals surface area contributed by atoms with Crippen LogP contribution in [0.3, 0.4) is 0 Å². The summed E-state index contributed by atoms with van der Waals surface area (Å²) < 4.78 is 78.9. The molecule has 0 bridgehead atoms. The number of methoxy groups -OCH3 is 1. The topological polar surface area (TPSA) is 115 Å². The number of piperidine rings is 1. The van der Waals surface area contributed by atoms with E-state index in [1.165, 1.54) is 41.6 Å². The second-order valence-corrected chi connectivity index (χ2v) is 14.1. The Kier molecular flexibility index (Phi) is 9.73. The molecule has 3 aromatic rings. The van der Waals surface area contributed by atoms with Crippen molar-refractivity contribution in [3.63, 3.8) is 0 Å². The van der Waals surface area contributed by atoms with E-state index in [4.69, 9.17) is 18.6 Å². The predicted molar refractivity (Wildman–Crippen MR) is 186 cm³/mol. The molecule has 3 heterocycles. The molecule has 1 aromatic carbocycles. The minimum atomic E-state index is -3.05. The predicted octanol–water partition coefficient (Wildman–Crippen LogP) is 6.63. The highest BCUT2D eigenvalue weighted by molar-refractivity contribution is 5.95. The smallest absolute Gasteiger partial charge is 0.408 e. The molecule has 1 saturated heterocycles. The van der Waals surface area contributed by atoms with Crippen LogP contribution in [0.5, 0.6) is 0 Å². The lowest BCUT2D eigenvalue weighted by molar-refractivity contribution is -0.135. The van der Waals surface area contributed by atoms with Crippen molar-refractivity contribution in [2.45, 2.75) is 97.4 Å². The van der Waals surface area contributed by atoms with Crippen LogP contribution in [0.2, 0.25) is 0 Å². The fourth-order valence-corrected chi connectivity index (χ4v) is 6.03. The van der Waals surface area contributed by atoms with Gasteiger partial charge >= 0.3 is 6.09 Å². The largest absolute Gasteiger partial charge is 0.444 e. The number of benzene rings is 1. The van der Waals surface area contributed by atoms with Crippen molar-refractivity contribution in [3.8, 4) is 11.8 Å². The van der Waals surface area contributed by atoms with E-state index in [0.29, 0.717) is 11.3 Å². The lowest BCUT2D eigenvalue weighted by Crippen LogP contribution is -2.48. The molecular formula is C37H46F3N5O5. The highest BCUT2D eigenvalue weighted by Crippen LogP contribution is 2.38. The summed E-state index contributed by atoms with van der Waals surface area (Å²) in [6.07, 6.45) is -3.75. The first-order valence-electron chi connectivity index (χ1n) is 17.7. The number of nitrogens with zero attached hydrogens (tertiary/aromatic N) is 3. The normalized spacial score (nSPS) is 16.5. The standard InChI is InChI=1S/C37H46F3N5O5/c1-21(24-12-11-13-26(29(24)38)31(39)40)41-32-27-20-28(37(49-10)16-18-45(19-17-37)23(3)46)33(47)44(9)30(27)25(22(2)42-32)14-15-36(7,8)43-34(48)50-35(4,5)6/h11-13,20-21,31H,16-19H2,1-10H3,(H,41,42)(H,43,48)/t21-/m1/s1/i10D3. The van der Waals surface area contributed by atoms with Gasteiger partial charge in [0.2, 0.25) is 5.91 Å². The summed E-state index contributed by atoms with van der Waals surface area (Å²) in [6, 6.07) is 4.26. The van der Waals surface area contributed by atoms with Crippen LogP contribution in [0, 0.1) is 24.6 Å². The number of carbonyl (C=O) groups is 2. The number of aromatic nitrogens is 2. The number of ether oxygens (including phenoxy) is 2. The number of alkyl halides is 2. The third-order valence-electron chi connectivity index (χ3n) is 8.68. The van der Waals surface area contributed by atoms with Gasteiger partial charge in [0.15, 0.2) is 0 Å². The van der Waals surface area contributed by atoms with Crippen LogP contribution < -0.4 is 16.2 Å². The highest BCUT2D eigenvalue weighted by atomic mass is 19.3. The molecule has 1 aliphatic rings. The summed E-state index contributed by atoms with van der Waals surface area (Å²) in [5.74, 6) is 4.91. The van der Waals surface area contributed by atoms with Gasteiger partial charge in [0.05, 0.1) is 43.6 Å². The van der Waals surface area contributed by atoms with E-state index in [1.54, 1.807) is 48.5 Å². The van der Waals surface area contributed by atoms with Crippen LogP contribution in [-0.4, -0.2) is 57.7 Å². The van der Waals surface area contributed by atoms with Crippen LogP contribution in [0.1, 0.15) is 106 Å². The van der Waals surface area contributed by atoms with Gasteiger partial charge in [-0.05, 0) is 67.4 Å². The van der Waals surface area contributed by atoms with E-state index in [9.17, 15) is 23.2 Å². The molecule has 270 valence electrons. The number of fused-ring (bicyclic) bond motifs is 1. The van der Waals surface area contributed by atoms with Gasteiger partial charge in [-0.15, -0.1) is 0 Å². The maximum absolute atomic E-state index is 15.3. The number of carbonyl (C=O) groups excluding carboxylic acids is 2. The molecule has 0 aliphatic carbocycles. The molecule has 0 unspecified atom stereocenters. The van der Waals surface area contributed by atoms with E-state index >= 15 is 4.39 Å². The molecule has 1 fully saturated rings. The van der Waals surface area contributed by atoms with Gasteiger partial charge in [0.25, 0.3) is 12.0 Å². The number of anilines is 1. The SMILES string of the molecule is [2H]C([2H])([2H])OC1(c2cc3c(N[C@H](C)c4cccc(C(F)F)c4F)nc(C)c(C#CC(C)(C)NC(=O)OC(C)(C)C)c3n(C)c2=O)CCN(C(C)=O)CC1. The maximum atomic E-state index is 15.3. The molecule has 1 aliphatic heterocycles. The number of likely N-dealkylation sites (tertiary alicyclic amines) is 1. The minimum absolute atomic E-state index is 0.00695. The average Bonchev–Trinajstić information content (AvgIpc) is 3.00. The van der Waals surface area contributed by atoms with E-state index in [2.05, 4.69) is 22.5 Å². The molecule has 1 atom stereocenters. The Hall–Kier alpha value is -4.57. The summed E-state index contributed by atoms with van der Waals surface area (Å²) in [4.78, 5) is 45.4. The van der Waals surface area contributed by atoms with Crippen molar-refractivity contribution >= 4 is 28.7 Å². The maximum Gasteiger partial charge on any atom is 0.408 e. The Morgan fingerprint density at radius 3 is 2.36 bits per heavy atom. The second kappa shape index (κ2) is 14.3. The number of rotatable bonds is 7. The van der Waals surface area contributed by atoms with Crippen molar-refractivity contribution in [1.82, 2.24) is 19.8 Å². The minimum Gasteiger partial charge on any atom is -0.444 e. The molecular weight excluding hydrogens is 651 g/mol. The molecule has 2 amide bonds. The monoisotopic (exact) mass is 700 g/mol. The van der Waals surface area contributed by atoms with Crippen LogP contribution in [0.15, 0.2) is 29.1 Å². The molecule has 0 saturated carbocycles. The molecule has 0 spiro atoms. The quantitative estimate of drug-likeness (QED) is 0.266. The zero-order valence-electron chi connectivity index (χ0n) is 32.8. The van der Waals surface area contributed by atoms with Gasteiger partial charge in [-0.2, -0.15) is 0 Å². The van der Waals surface area contributed by atoms with E-state index in [0.717, 1.165) is 6.07 Å². The van der Waals surface area contributed by atoms with Gasteiger partial charge in [-0.1, -0.05) is 30.0 Å². The second-order valence-electron chi connectivity index (χ2n) is 14.1. The zero-order valence-corrected chi connectivity index (χ0v) is 29.8. The number of hydrogen-bond acceptors (Lipinski definition) is 7. The third kappa shape index (κ3) is 8.07. The summed E-state index contributed by atoms with van der Waals surface area (Å²) in [5, 5.41) is 6.11. The lowest BCUT2D eigenvalue weighted by atomic mass is 9.84. The van der Waals surface area contributed by atoms with Crippen molar-refractivity contribution in [1.29, 1.82) is 0 Å². The van der Waals surface area contributed by atoms with Gasteiger partial charge in [-0.25, -0.2) is 22.9 Å². The van der Waals surface area contributed by atoms with Crippen LogP contribution in [0.25, 0.3) is 10.9 Å². The molecule has 4 rings (SSSR count). The van der Waals surface area contributed by atoms with Crippen LogP contribution >= 0.6 is 0 Å². The van der Waals surface area contributed by atoms with Crippen molar-refractivity contribution in [2.24, 2.45) is 7.05 Å². The Bertz CT molecular complexity index is 2030. The van der Waals surface area contributed by atoms with Gasteiger partial charge in [0, 0.05) is 45.0 Å². The summed E-state index contributed by atoms with van der Waals surface area (Å²) in [5.41, 5.74) is -4.04. The number of amides is 2. The Morgan fingerprint density at radius 2 is 1.78 bits per heavy atom. The van der Waals surface area contributed by atoms with Crippen molar-refractivity contribution < 1.29 is 36.3 Å². The summed E-state index contributed by atoms with van der Waals surface area (Å²) in [7, 11) is -1.44. The number of alkyl carbamates (subject to hydrolysis) is 1. The molecule has 13 heteroatoms.